The lowest BCUT2D eigenvalue weighted by molar-refractivity contribution is -0.137. The van der Waals surface area contributed by atoms with Crippen LogP contribution in [0, 0.1) is 11.3 Å². The van der Waals surface area contributed by atoms with Gasteiger partial charge in [0, 0.05) is 13.1 Å². The molecule has 1 heterocycles. The van der Waals surface area contributed by atoms with Gasteiger partial charge >= 0.3 is 6.18 Å². The average molecular weight is 296 g/mol. The molecule has 0 spiro atoms. The van der Waals surface area contributed by atoms with Crippen molar-refractivity contribution in [1.29, 1.82) is 5.26 Å². The first-order chi connectivity index (χ1) is 9.95. The highest BCUT2D eigenvalue weighted by molar-refractivity contribution is 5.61. The summed E-state index contributed by atoms with van der Waals surface area (Å²) in [6.07, 6.45) is -2.00. The molecular formula is C15H15F3N2O. The zero-order chi connectivity index (χ0) is 15.5. The quantitative estimate of drug-likeness (QED) is 0.799. The van der Waals surface area contributed by atoms with Gasteiger partial charge in [-0.3, -0.25) is 0 Å². The third-order valence-corrected chi connectivity index (χ3v) is 3.38. The van der Waals surface area contributed by atoms with E-state index >= 15 is 0 Å². The van der Waals surface area contributed by atoms with Crippen LogP contribution in [0.2, 0.25) is 0 Å². The van der Waals surface area contributed by atoms with Crippen molar-refractivity contribution >= 4 is 5.69 Å². The van der Waals surface area contributed by atoms with E-state index in [2.05, 4.69) is 6.58 Å². The lowest BCUT2D eigenvalue weighted by Gasteiger charge is -2.20. The molecule has 1 aliphatic rings. The van der Waals surface area contributed by atoms with E-state index in [4.69, 9.17) is 10.00 Å². The van der Waals surface area contributed by atoms with Crippen LogP contribution in [0.25, 0.3) is 0 Å². The highest BCUT2D eigenvalue weighted by atomic mass is 19.4. The third-order valence-electron chi connectivity index (χ3n) is 3.38. The highest BCUT2D eigenvalue weighted by Crippen LogP contribution is 2.33. The van der Waals surface area contributed by atoms with Crippen molar-refractivity contribution in [2.24, 2.45) is 0 Å². The molecule has 0 radical (unpaired) electrons. The number of halogens is 3. The lowest BCUT2D eigenvalue weighted by atomic mass is 10.1. The summed E-state index contributed by atoms with van der Waals surface area (Å²) in [6, 6.07) is 5.11. The molecule has 112 valence electrons. The van der Waals surface area contributed by atoms with Gasteiger partial charge in [0.1, 0.15) is 6.07 Å². The molecule has 1 aromatic carbocycles. The standard InChI is InChI=1S/C15H15F3N2O/c1-2-7-21-13-5-6-20(10-13)14-4-3-12(15(16,17)18)8-11(14)9-19/h2-4,8,13H,1,5-7,10H2. The maximum absolute atomic E-state index is 12.7. The van der Waals surface area contributed by atoms with Crippen molar-refractivity contribution in [3.8, 4) is 6.07 Å². The molecule has 1 aliphatic heterocycles. The fourth-order valence-corrected chi connectivity index (χ4v) is 2.36. The Hall–Kier alpha value is -2.00. The number of nitriles is 1. The van der Waals surface area contributed by atoms with Crippen LogP contribution >= 0.6 is 0 Å². The molecule has 21 heavy (non-hydrogen) atoms. The number of anilines is 1. The van der Waals surface area contributed by atoms with Gasteiger partial charge in [0.15, 0.2) is 0 Å². The lowest BCUT2D eigenvalue weighted by Crippen LogP contribution is -2.24. The van der Waals surface area contributed by atoms with Crippen LogP contribution in [0.1, 0.15) is 17.5 Å². The second-order valence-electron chi connectivity index (χ2n) is 4.82. The van der Waals surface area contributed by atoms with E-state index in [9.17, 15) is 13.2 Å². The molecule has 0 aromatic heterocycles. The first-order valence-electron chi connectivity index (χ1n) is 6.54. The summed E-state index contributed by atoms with van der Waals surface area (Å²) in [7, 11) is 0. The second kappa shape index (κ2) is 6.19. The molecule has 2 rings (SSSR count). The van der Waals surface area contributed by atoms with Gasteiger partial charge in [-0.15, -0.1) is 6.58 Å². The fourth-order valence-electron chi connectivity index (χ4n) is 2.36. The van der Waals surface area contributed by atoms with Crippen LogP contribution in [0.15, 0.2) is 30.9 Å². The smallest absolute Gasteiger partial charge is 0.372 e. The third kappa shape index (κ3) is 3.56. The molecule has 1 unspecified atom stereocenters. The van der Waals surface area contributed by atoms with E-state index in [1.807, 2.05) is 11.0 Å². The van der Waals surface area contributed by atoms with Crippen LogP contribution in [0.3, 0.4) is 0 Å². The monoisotopic (exact) mass is 296 g/mol. The Labute approximate surface area is 121 Å². The molecular weight excluding hydrogens is 281 g/mol. The molecule has 1 atom stereocenters. The summed E-state index contributed by atoms with van der Waals surface area (Å²) < 4.78 is 43.5. The van der Waals surface area contributed by atoms with Crippen molar-refractivity contribution < 1.29 is 17.9 Å². The second-order valence-corrected chi connectivity index (χ2v) is 4.82. The Kier molecular flexibility index (Phi) is 4.53. The Bertz CT molecular complexity index is 563. The molecule has 0 aliphatic carbocycles. The van der Waals surface area contributed by atoms with E-state index in [1.165, 1.54) is 6.07 Å². The van der Waals surface area contributed by atoms with Crippen molar-refractivity contribution in [3.63, 3.8) is 0 Å². The van der Waals surface area contributed by atoms with Gasteiger partial charge in [-0.05, 0) is 24.6 Å². The van der Waals surface area contributed by atoms with Crippen molar-refractivity contribution in [2.45, 2.75) is 18.7 Å². The summed E-state index contributed by atoms with van der Waals surface area (Å²) in [5, 5.41) is 9.09. The summed E-state index contributed by atoms with van der Waals surface area (Å²) in [5.74, 6) is 0. The van der Waals surface area contributed by atoms with Crippen LogP contribution < -0.4 is 4.90 Å². The van der Waals surface area contributed by atoms with Crippen LogP contribution in [-0.4, -0.2) is 25.8 Å². The minimum atomic E-state index is -4.44. The van der Waals surface area contributed by atoms with Crippen LogP contribution in [-0.2, 0) is 10.9 Å². The minimum Gasteiger partial charge on any atom is -0.372 e. The van der Waals surface area contributed by atoms with Gasteiger partial charge in [0.05, 0.1) is 29.5 Å². The van der Waals surface area contributed by atoms with Crippen molar-refractivity contribution in [1.82, 2.24) is 0 Å². The van der Waals surface area contributed by atoms with Crippen molar-refractivity contribution in [2.75, 3.05) is 24.6 Å². The Morgan fingerprint density at radius 3 is 2.86 bits per heavy atom. The number of benzene rings is 1. The number of hydrogen-bond acceptors (Lipinski definition) is 3. The minimum absolute atomic E-state index is 0.0110. The zero-order valence-corrected chi connectivity index (χ0v) is 11.4. The summed E-state index contributed by atoms with van der Waals surface area (Å²) in [4.78, 5) is 1.88. The Morgan fingerprint density at radius 1 is 1.48 bits per heavy atom. The van der Waals surface area contributed by atoms with Gasteiger partial charge in [0.2, 0.25) is 0 Å². The molecule has 0 N–H and O–H groups in total. The van der Waals surface area contributed by atoms with Gasteiger partial charge < -0.3 is 9.64 Å². The number of rotatable bonds is 4. The van der Waals surface area contributed by atoms with E-state index < -0.39 is 11.7 Å². The van der Waals surface area contributed by atoms with Gasteiger partial charge in [-0.1, -0.05) is 6.08 Å². The summed E-state index contributed by atoms with van der Waals surface area (Å²) >= 11 is 0. The van der Waals surface area contributed by atoms with Crippen LogP contribution in [0.5, 0.6) is 0 Å². The summed E-state index contributed by atoms with van der Waals surface area (Å²) in [5.41, 5.74) is -0.245. The first-order valence-corrected chi connectivity index (χ1v) is 6.54. The number of hydrogen-bond donors (Lipinski definition) is 0. The summed E-state index contributed by atoms with van der Waals surface area (Å²) in [6.45, 7) is 5.23. The van der Waals surface area contributed by atoms with Gasteiger partial charge in [0.25, 0.3) is 0 Å². The largest absolute Gasteiger partial charge is 0.416 e. The molecule has 1 saturated heterocycles. The predicted octanol–water partition coefficient (Wildman–Crippen LogP) is 3.36. The molecule has 0 amide bonds. The van der Waals surface area contributed by atoms with E-state index in [0.717, 1.165) is 18.6 Å². The zero-order valence-electron chi connectivity index (χ0n) is 11.4. The molecule has 1 fully saturated rings. The number of alkyl halides is 3. The van der Waals surface area contributed by atoms with E-state index in [1.54, 1.807) is 6.08 Å². The van der Waals surface area contributed by atoms with Crippen molar-refractivity contribution in [3.05, 3.63) is 42.0 Å². The normalized spacial score (nSPS) is 18.6. The highest BCUT2D eigenvalue weighted by Gasteiger charge is 2.32. The van der Waals surface area contributed by atoms with Gasteiger partial charge in [-0.25, -0.2) is 0 Å². The van der Waals surface area contributed by atoms with Crippen LogP contribution in [0.4, 0.5) is 18.9 Å². The fraction of sp³-hybridized carbons (Fsp3) is 0.400. The molecule has 1 aromatic rings. The number of ether oxygens (including phenoxy) is 1. The van der Waals surface area contributed by atoms with Gasteiger partial charge in [-0.2, -0.15) is 18.4 Å². The maximum atomic E-state index is 12.7. The predicted molar refractivity (Wildman–Crippen MR) is 72.9 cm³/mol. The van der Waals surface area contributed by atoms with E-state index in [0.29, 0.717) is 25.4 Å². The first kappa shape index (κ1) is 15.4. The number of nitrogens with zero attached hydrogens (tertiary/aromatic N) is 2. The Morgan fingerprint density at radius 2 is 2.24 bits per heavy atom. The van der Waals surface area contributed by atoms with E-state index in [-0.39, 0.29) is 11.7 Å². The maximum Gasteiger partial charge on any atom is 0.416 e. The molecule has 0 bridgehead atoms. The topological polar surface area (TPSA) is 36.3 Å². The molecule has 6 heteroatoms. The average Bonchev–Trinajstić information content (AvgIpc) is 2.92. The Balaban J connectivity index is 2.18. The molecule has 3 nitrogen and oxygen atoms in total. The molecule has 0 saturated carbocycles. The SMILES string of the molecule is C=CCOC1CCN(c2ccc(C(F)(F)F)cc2C#N)C1.